The standard InChI is InChI=1S/C14H16BrF3N2O/c15-11-4-3-9(7-10(11)14(16,17)18)20-12(21)8-13(19)5-1-2-6-13/h3-4,7H,1-2,5-6,8,19H2,(H,20,21). The number of rotatable bonds is 3. The molecule has 0 aliphatic heterocycles. The average Bonchev–Trinajstić information content (AvgIpc) is 2.76. The molecule has 0 heterocycles. The van der Waals surface area contributed by atoms with Gasteiger partial charge in [-0.25, -0.2) is 0 Å². The van der Waals surface area contributed by atoms with Crippen molar-refractivity contribution in [2.24, 2.45) is 5.73 Å². The maximum Gasteiger partial charge on any atom is 0.417 e. The lowest BCUT2D eigenvalue weighted by molar-refractivity contribution is -0.138. The summed E-state index contributed by atoms with van der Waals surface area (Å²) in [4.78, 5) is 11.9. The highest BCUT2D eigenvalue weighted by Gasteiger charge is 2.34. The number of hydrogen-bond acceptors (Lipinski definition) is 2. The fourth-order valence-electron chi connectivity index (χ4n) is 2.60. The van der Waals surface area contributed by atoms with Crippen LogP contribution in [-0.4, -0.2) is 11.4 Å². The number of carbonyl (C=O) groups excluding carboxylic acids is 1. The van der Waals surface area contributed by atoms with Gasteiger partial charge in [-0.15, -0.1) is 0 Å². The lowest BCUT2D eigenvalue weighted by Crippen LogP contribution is -2.40. The van der Waals surface area contributed by atoms with Crippen LogP contribution in [0.25, 0.3) is 0 Å². The predicted octanol–water partition coefficient (Wildman–Crippen LogP) is 4.07. The van der Waals surface area contributed by atoms with Crippen LogP contribution in [0, 0.1) is 0 Å². The summed E-state index contributed by atoms with van der Waals surface area (Å²) in [5.74, 6) is -0.352. The predicted molar refractivity (Wildman–Crippen MR) is 77.8 cm³/mol. The maximum atomic E-state index is 12.8. The van der Waals surface area contributed by atoms with Crippen molar-refractivity contribution >= 4 is 27.5 Å². The van der Waals surface area contributed by atoms with Gasteiger partial charge in [0.2, 0.25) is 5.91 Å². The third-order valence-corrected chi connectivity index (χ3v) is 4.36. The summed E-state index contributed by atoms with van der Waals surface area (Å²) in [6.45, 7) is 0. The van der Waals surface area contributed by atoms with Crippen LogP contribution in [0.5, 0.6) is 0 Å². The van der Waals surface area contributed by atoms with Gasteiger partial charge in [0, 0.05) is 22.1 Å². The second-order valence-corrected chi connectivity index (χ2v) is 6.34. The number of nitrogens with one attached hydrogen (secondary N) is 1. The number of amides is 1. The van der Waals surface area contributed by atoms with Crippen molar-refractivity contribution in [1.82, 2.24) is 0 Å². The van der Waals surface area contributed by atoms with Crippen LogP contribution < -0.4 is 11.1 Å². The molecule has 0 atom stereocenters. The number of anilines is 1. The highest BCUT2D eigenvalue weighted by molar-refractivity contribution is 9.10. The molecular formula is C14H16BrF3N2O. The summed E-state index contributed by atoms with van der Waals surface area (Å²) in [7, 11) is 0. The molecule has 0 unspecified atom stereocenters. The summed E-state index contributed by atoms with van der Waals surface area (Å²) in [5, 5.41) is 2.49. The Bertz CT molecular complexity index is 540. The molecule has 1 aromatic carbocycles. The van der Waals surface area contributed by atoms with E-state index in [1.54, 1.807) is 0 Å². The van der Waals surface area contributed by atoms with Gasteiger partial charge < -0.3 is 11.1 Å². The first-order valence-electron chi connectivity index (χ1n) is 6.65. The van der Waals surface area contributed by atoms with Crippen LogP contribution in [0.1, 0.15) is 37.7 Å². The molecule has 7 heteroatoms. The number of nitrogens with two attached hydrogens (primary N) is 1. The Morgan fingerprint density at radius 1 is 1.33 bits per heavy atom. The fourth-order valence-corrected chi connectivity index (χ4v) is 3.07. The smallest absolute Gasteiger partial charge is 0.326 e. The van der Waals surface area contributed by atoms with Crippen molar-refractivity contribution in [2.75, 3.05) is 5.32 Å². The quantitative estimate of drug-likeness (QED) is 0.849. The van der Waals surface area contributed by atoms with Crippen LogP contribution in [0.3, 0.4) is 0 Å². The minimum absolute atomic E-state index is 0.0564. The van der Waals surface area contributed by atoms with Gasteiger partial charge in [-0.05, 0) is 31.0 Å². The second kappa shape index (κ2) is 5.96. The van der Waals surface area contributed by atoms with E-state index in [0.29, 0.717) is 0 Å². The molecular weight excluding hydrogens is 349 g/mol. The third kappa shape index (κ3) is 4.20. The van der Waals surface area contributed by atoms with E-state index in [0.717, 1.165) is 31.7 Å². The van der Waals surface area contributed by atoms with E-state index in [4.69, 9.17) is 5.73 Å². The van der Waals surface area contributed by atoms with Crippen LogP contribution in [-0.2, 0) is 11.0 Å². The fraction of sp³-hybridized carbons (Fsp3) is 0.500. The zero-order valence-corrected chi connectivity index (χ0v) is 12.9. The van der Waals surface area contributed by atoms with E-state index >= 15 is 0 Å². The summed E-state index contributed by atoms with van der Waals surface area (Å²) in [6, 6.07) is 3.61. The van der Waals surface area contributed by atoms with E-state index < -0.39 is 17.3 Å². The van der Waals surface area contributed by atoms with Gasteiger partial charge in [0.05, 0.1) is 5.56 Å². The highest BCUT2D eigenvalue weighted by Crippen LogP contribution is 2.36. The second-order valence-electron chi connectivity index (χ2n) is 5.49. The van der Waals surface area contributed by atoms with Gasteiger partial charge >= 0.3 is 6.18 Å². The molecule has 21 heavy (non-hydrogen) atoms. The van der Waals surface area contributed by atoms with Crippen molar-refractivity contribution in [3.63, 3.8) is 0 Å². The van der Waals surface area contributed by atoms with Gasteiger partial charge in [-0.3, -0.25) is 4.79 Å². The number of benzene rings is 1. The summed E-state index contributed by atoms with van der Waals surface area (Å²) in [5.41, 5.74) is 4.87. The van der Waals surface area contributed by atoms with E-state index in [-0.39, 0.29) is 22.5 Å². The zero-order chi connectivity index (χ0) is 15.7. The Hall–Kier alpha value is -1.08. The minimum atomic E-state index is -4.47. The van der Waals surface area contributed by atoms with E-state index in [9.17, 15) is 18.0 Å². The molecule has 0 aromatic heterocycles. The Morgan fingerprint density at radius 2 is 1.95 bits per heavy atom. The van der Waals surface area contributed by atoms with Crippen LogP contribution in [0.15, 0.2) is 22.7 Å². The first-order chi connectivity index (χ1) is 9.70. The lowest BCUT2D eigenvalue weighted by atomic mass is 9.94. The van der Waals surface area contributed by atoms with Gasteiger partial charge in [-0.2, -0.15) is 13.2 Å². The third-order valence-electron chi connectivity index (χ3n) is 3.67. The number of hydrogen-bond donors (Lipinski definition) is 2. The molecule has 1 fully saturated rings. The van der Waals surface area contributed by atoms with Gasteiger partial charge in [-0.1, -0.05) is 28.8 Å². The van der Waals surface area contributed by atoms with Gasteiger partial charge in [0.15, 0.2) is 0 Å². The van der Waals surface area contributed by atoms with Gasteiger partial charge in [0.25, 0.3) is 0 Å². The summed E-state index contributed by atoms with van der Waals surface area (Å²) < 4.78 is 38.3. The molecule has 1 saturated carbocycles. The Kier molecular flexibility index (Phi) is 4.63. The lowest BCUT2D eigenvalue weighted by Gasteiger charge is -2.22. The molecule has 0 spiro atoms. The number of alkyl halides is 3. The minimum Gasteiger partial charge on any atom is -0.326 e. The largest absolute Gasteiger partial charge is 0.417 e. The molecule has 0 radical (unpaired) electrons. The molecule has 1 amide bonds. The average molecular weight is 365 g/mol. The van der Waals surface area contributed by atoms with Gasteiger partial charge in [0.1, 0.15) is 0 Å². The molecule has 3 N–H and O–H groups in total. The molecule has 116 valence electrons. The summed E-state index contributed by atoms with van der Waals surface area (Å²) in [6.07, 6.45) is -0.825. The first-order valence-corrected chi connectivity index (χ1v) is 7.44. The van der Waals surface area contributed by atoms with Crippen molar-refractivity contribution in [1.29, 1.82) is 0 Å². The maximum absolute atomic E-state index is 12.8. The summed E-state index contributed by atoms with van der Waals surface area (Å²) >= 11 is 2.86. The Labute approximate surface area is 129 Å². The zero-order valence-electron chi connectivity index (χ0n) is 11.3. The van der Waals surface area contributed by atoms with Crippen LogP contribution in [0.4, 0.5) is 18.9 Å². The van der Waals surface area contributed by atoms with Crippen molar-refractivity contribution < 1.29 is 18.0 Å². The normalized spacial score (nSPS) is 17.8. The molecule has 0 bridgehead atoms. The molecule has 1 aromatic rings. The van der Waals surface area contributed by atoms with E-state index in [1.165, 1.54) is 12.1 Å². The molecule has 1 aliphatic carbocycles. The Morgan fingerprint density at radius 3 is 2.52 bits per heavy atom. The van der Waals surface area contributed by atoms with Crippen molar-refractivity contribution in [3.8, 4) is 0 Å². The molecule has 3 nitrogen and oxygen atoms in total. The Balaban J connectivity index is 2.07. The van der Waals surface area contributed by atoms with Crippen molar-refractivity contribution in [2.45, 2.75) is 43.8 Å². The monoisotopic (exact) mass is 364 g/mol. The molecule has 1 aliphatic rings. The van der Waals surface area contributed by atoms with Crippen LogP contribution in [0.2, 0.25) is 0 Å². The van der Waals surface area contributed by atoms with Crippen LogP contribution >= 0.6 is 15.9 Å². The van der Waals surface area contributed by atoms with E-state index in [2.05, 4.69) is 21.2 Å². The van der Waals surface area contributed by atoms with E-state index in [1.807, 2.05) is 0 Å². The molecule has 0 saturated heterocycles. The topological polar surface area (TPSA) is 55.1 Å². The number of carbonyl (C=O) groups is 1. The number of halogens is 4. The SMILES string of the molecule is NC1(CC(=O)Nc2ccc(Br)c(C(F)(F)F)c2)CCCC1. The highest BCUT2D eigenvalue weighted by atomic mass is 79.9. The molecule has 2 rings (SSSR count). The van der Waals surface area contributed by atoms with Crippen molar-refractivity contribution in [3.05, 3.63) is 28.2 Å². The first kappa shape index (κ1) is 16.3.